The van der Waals surface area contributed by atoms with Crippen LogP contribution in [0.15, 0.2) is 37.1 Å². The number of fused-ring (bicyclic) bond motifs is 1. The lowest BCUT2D eigenvalue weighted by Crippen LogP contribution is -2.06. The number of aryl methyl sites for hydroxylation is 2. The molecule has 0 spiro atoms. The minimum absolute atomic E-state index is 0.0446. The largest absolute Gasteiger partial charge is 0.484 e. The van der Waals surface area contributed by atoms with E-state index in [0.29, 0.717) is 17.8 Å². The quantitative estimate of drug-likeness (QED) is 0.602. The number of rotatable bonds is 6. The molecule has 0 aliphatic carbocycles. The Hall–Kier alpha value is -2.68. The van der Waals surface area contributed by atoms with Crippen LogP contribution in [0.5, 0.6) is 5.75 Å². The molecule has 0 N–H and O–H groups in total. The fourth-order valence-electron chi connectivity index (χ4n) is 2.70. The van der Waals surface area contributed by atoms with Crippen molar-refractivity contribution >= 4 is 20.8 Å². The lowest BCUT2D eigenvalue weighted by Gasteiger charge is -2.08. The van der Waals surface area contributed by atoms with Crippen LogP contribution in [0.3, 0.4) is 0 Å². The number of nitrogens with zero attached hydrogens (tertiary/aromatic N) is 2. The Bertz CT molecular complexity index is 1110. The van der Waals surface area contributed by atoms with Crippen molar-refractivity contribution in [3.8, 4) is 5.75 Å². The molecule has 3 rings (SSSR count). The van der Waals surface area contributed by atoms with E-state index in [-0.39, 0.29) is 18.3 Å². The minimum Gasteiger partial charge on any atom is -0.484 e. The third kappa shape index (κ3) is 3.62. The maximum atomic E-state index is 11.9. The molecule has 26 heavy (non-hydrogen) atoms. The highest BCUT2D eigenvalue weighted by molar-refractivity contribution is 7.91. The number of ether oxygens (including phenoxy) is 1. The molecule has 2 heterocycles. The molecule has 2 aromatic heterocycles. The van der Waals surface area contributed by atoms with Crippen molar-refractivity contribution in [2.24, 2.45) is 0 Å². The average molecular weight is 378 g/mol. The number of hydrogen-bond acceptors (Lipinski definition) is 8. The van der Waals surface area contributed by atoms with Gasteiger partial charge < -0.3 is 13.6 Å². The highest BCUT2D eigenvalue weighted by atomic mass is 32.2. The van der Waals surface area contributed by atoms with Crippen LogP contribution in [0.4, 0.5) is 0 Å². The molecule has 138 valence electrons. The Morgan fingerprint density at radius 1 is 1.08 bits per heavy atom. The summed E-state index contributed by atoms with van der Waals surface area (Å²) < 4.78 is 39.8. The topological polar surface area (TPSA) is 112 Å². The van der Waals surface area contributed by atoms with Gasteiger partial charge in [-0.3, -0.25) is 0 Å². The molecular formula is C17H18N2O6S. The van der Waals surface area contributed by atoms with Crippen LogP contribution in [-0.4, -0.2) is 24.4 Å². The van der Waals surface area contributed by atoms with E-state index in [1.807, 2.05) is 13.8 Å². The molecule has 0 saturated heterocycles. The van der Waals surface area contributed by atoms with Crippen molar-refractivity contribution in [3.05, 3.63) is 45.6 Å². The van der Waals surface area contributed by atoms with Crippen LogP contribution in [0.25, 0.3) is 11.0 Å². The zero-order valence-electron chi connectivity index (χ0n) is 14.6. The lowest BCUT2D eigenvalue weighted by atomic mass is 10.1. The summed E-state index contributed by atoms with van der Waals surface area (Å²) in [7, 11) is -3.56. The van der Waals surface area contributed by atoms with Crippen LogP contribution in [0.2, 0.25) is 0 Å². The van der Waals surface area contributed by atoms with E-state index in [1.165, 1.54) is 6.07 Å². The van der Waals surface area contributed by atoms with Crippen molar-refractivity contribution < 1.29 is 22.0 Å². The van der Waals surface area contributed by atoms with E-state index in [4.69, 9.17) is 13.6 Å². The summed E-state index contributed by atoms with van der Waals surface area (Å²) in [6, 6.07) is 4.83. The van der Waals surface area contributed by atoms with E-state index in [0.717, 1.165) is 16.5 Å². The summed E-state index contributed by atoms with van der Waals surface area (Å²) in [4.78, 5) is 11.6. The van der Waals surface area contributed by atoms with E-state index in [1.54, 1.807) is 19.1 Å². The van der Waals surface area contributed by atoms with Crippen molar-refractivity contribution in [1.29, 1.82) is 0 Å². The van der Waals surface area contributed by atoms with Crippen molar-refractivity contribution in [2.75, 3.05) is 5.75 Å². The van der Waals surface area contributed by atoms with Gasteiger partial charge in [-0.15, -0.1) is 5.10 Å². The molecular weight excluding hydrogens is 360 g/mol. The van der Waals surface area contributed by atoms with Gasteiger partial charge in [0.1, 0.15) is 11.3 Å². The number of benzene rings is 1. The van der Waals surface area contributed by atoms with E-state index < -0.39 is 20.7 Å². The van der Waals surface area contributed by atoms with Gasteiger partial charge in [0.05, 0.1) is 5.75 Å². The van der Waals surface area contributed by atoms with Gasteiger partial charge in [0, 0.05) is 17.5 Å². The molecule has 1 aromatic carbocycles. The maximum Gasteiger partial charge on any atom is 0.336 e. The molecule has 0 fully saturated rings. The fourth-order valence-corrected chi connectivity index (χ4v) is 3.80. The first-order chi connectivity index (χ1) is 12.3. The molecule has 8 nitrogen and oxygen atoms in total. The van der Waals surface area contributed by atoms with Crippen LogP contribution in [-0.2, 0) is 16.4 Å². The summed E-state index contributed by atoms with van der Waals surface area (Å²) in [5.74, 6) is 0.431. The highest BCUT2D eigenvalue weighted by Crippen LogP contribution is 2.27. The van der Waals surface area contributed by atoms with Crippen molar-refractivity contribution in [1.82, 2.24) is 10.2 Å². The van der Waals surface area contributed by atoms with Gasteiger partial charge in [0.15, 0.2) is 6.61 Å². The number of hydrogen-bond donors (Lipinski definition) is 0. The molecule has 0 unspecified atom stereocenters. The Balaban J connectivity index is 1.83. The number of sulfone groups is 1. The van der Waals surface area contributed by atoms with Crippen LogP contribution in [0.1, 0.15) is 30.4 Å². The van der Waals surface area contributed by atoms with Crippen molar-refractivity contribution in [3.63, 3.8) is 0 Å². The summed E-state index contributed by atoms with van der Waals surface area (Å²) in [6.07, 6.45) is 0.456. The molecule has 9 heteroatoms. The van der Waals surface area contributed by atoms with Crippen LogP contribution >= 0.6 is 0 Å². The zero-order chi connectivity index (χ0) is 18.9. The molecule has 0 aliphatic heterocycles. The van der Waals surface area contributed by atoms with E-state index >= 15 is 0 Å². The van der Waals surface area contributed by atoms with E-state index in [9.17, 15) is 13.2 Å². The van der Waals surface area contributed by atoms with Gasteiger partial charge in [-0.25, -0.2) is 13.2 Å². The Labute approximate surface area is 149 Å². The molecule has 0 bridgehead atoms. The second-order valence-electron chi connectivity index (χ2n) is 5.93. The van der Waals surface area contributed by atoms with Gasteiger partial charge in [-0.2, -0.15) is 0 Å². The van der Waals surface area contributed by atoms with Crippen LogP contribution in [0, 0.1) is 13.8 Å². The van der Waals surface area contributed by atoms with Gasteiger partial charge in [-0.05, 0) is 37.5 Å². The van der Waals surface area contributed by atoms with Crippen LogP contribution < -0.4 is 10.4 Å². The van der Waals surface area contributed by atoms with Gasteiger partial charge >= 0.3 is 10.8 Å². The Kier molecular flexibility index (Phi) is 4.82. The molecule has 0 radical (unpaired) electrons. The third-order valence-electron chi connectivity index (χ3n) is 3.76. The summed E-state index contributed by atoms with van der Waals surface area (Å²) in [5, 5.41) is 7.71. The summed E-state index contributed by atoms with van der Waals surface area (Å²) in [6.45, 7) is 5.36. The molecule has 0 saturated carbocycles. The Morgan fingerprint density at radius 3 is 2.54 bits per heavy atom. The molecule has 0 atom stereocenters. The summed E-state index contributed by atoms with van der Waals surface area (Å²) in [5.41, 5.74) is 1.69. The van der Waals surface area contributed by atoms with Gasteiger partial charge in [0.2, 0.25) is 9.84 Å². The fraction of sp³-hybridized carbons (Fsp3) is 0.353. The highest BCUT2D eigenvalue weighted by Gasteiger charge is 2.21. The zero-order valence-corrected chi connectivity index (χ0v) is 15.4. The third-order valence-corrected chi connectivity index (χ3v) is 5.40. The Morgan fingerprint density at radius 2 is 1.81 bits per heavy atom. The predicted molar refractivity (Wildman–Crippen MR) is 92.9 cm³/mol. The predicted octanol–water partition coefficient (Wildman–Crippen LogP) is 2.56. The van der Waals surface area contributed by atoms with Crippen molar-refractivity contribution in [2.45, 2.75) is 39.0 Å². The normalized spacial score (nSPS) is 11.8. The van der Waals surface area contributed by atoms with Gasteiger partial charge in [-0.1, -0.05) is 12.0 Å². The molecule has 3 aromatic rings. The second-order valence-corrected chi connectivity index (χ2v) is 7.92. The SMILES string of the molecule is CCCS(=O)(=O)c1nnc(COc2cc(C)c3c(C)cc(=O)oc3c2)o1. The average Bonchev–Trinajstić information content (AvgIpc) is 3.01. The smallest absolute Gasteiger partial charge is 0.336 e. The summed E-state index contributed by atoms with van der Waals surface area (Å²) >= 11 is 0. The minimum atomic E-state index is -3.56. The monoisotopic (exact) mass is 378 g/mol. The molecule has 0 aliphatic rings. The first-order valence-corrected chi connectivity index (χ1v) is 9.68. The lowest BCUT2D eigenvalue weighted by molar-refractivity contribution is 0.250. The van der Waals surface area contributed by atoms with E-state index in [2.05, 4.69) is 10.2 Å². The second kappa shape index (κ2) is 6.91. The molecule has 0 amide bonds. The standard InChI is InChI=1S/C17H18N2O6S/c1-4-5-26(21,22)17-19-18-14(25-17)9-23-12-6-10(2)16-11(3)7-15(20)24-13(16)8-12/h6-8H,4-5,9H2,1-3H3. The first-order valence-electron chi connectivity index (χ1n) is 8.03. The number of aromatic nitrogens is 2. The first kappa shape index (κ1) is 18.1. The maximum absolute atomic E-state index is 11.9. The van der Waals surface area contributed by atoms with Gasteiger partial charge in [0.25, 0.3) is 5.89 Å².